The molecule has 6 nitrogen and oxygen atoms in total. The molecule has 138 valence electrons. The van der Waals surface area contributed by atoms with E-state index in [1.807, 2.05) is 0 Å². The molecule has 2 aromatic rings. The van der Waals surface area contributed by atoms with Gasteiger partial charge in [-0.25, -0.2) is 8.42 Å². The van der Waals surface area contributed by atoms with Gasteiger partial charge in [-0.15, -0.1) is 0 Å². The molecule has 2 aromatic carbocycles. The first-order valence-corrected chi connectivity index (χ1v) is 10.4. The molecule has 0 aromatic heterocycles. The van der Waals surface area contributed by atoms with Gasteiger partial charge in [-0.2, -0.15) is 5.26 Å². The Labute approximate surface area is 158 Å². The van der Waals surface area contributed by atoms with Crippen molar-refractivity contribution in [3.8, 4) is 6.07 Å². The van der Waals surface area contributed by atoms with Crippen molar-refractivity contribution in [1.29, 1.82) is 5.26 Å². The lowest BCUT2D eigenvalue weighted by Gasteiger charge is -2.17. The lowest BCUT2D eigenvalue weighted by molar-refractivity contribution is -0.119. The van der Waals surface area contributed by atoms with Crippen molar-refractivity contribution in [3.05, 3.63) is 53.6 Å². The molecule has 1 N–H and O–H groups in total. The van der Waals surface area contributed by atoms with E-state index in [2.05, 4.69) is 10.8 Å². The molecule has 1 aliphatic carbocycles. The van der Waals surface area contributed by atoms with Crippen molar-refractivity contribution in [2.24, 2.45) is 5.92 Å². The van der Waals surface area contributed by atoms with Crippen molar-refractivity contribution >= 4 is 27.3 Å². The van der Waals surface area contributed by atoms with Gasteiger partial charge in [0.05, 0.1) is 17.4 Å². The maximum Gasteiger partial charge on any atom is 0.261 e. The second-order valence-electron chi connectivity index (χ2n) is 6.94. The molecule has 0 radical (unpaired) electrons. The molecule has 1 amide bonds. The van der Waals surface area contributed by atoms with Crippen LogP contribution in [-0.2, 0) is 27.7 Å². The van der Waals surface area contributed by atoms with Crippen LogP contribution in [0.25, 0.3) is 0 Å². The summed E-state index contributed by atoms with van der Waals surface area (Å²) >= 11 is 0. The molecule has 0 unspecified atom stereocenters. The van der Waals surface area contributed by atoms with Crippen molar-refractivity contribution in [1.82, 2.24) is 0 Å². The SMILES string of the molecule is N#CCc1ccc(NS(=O)(=O)c2ccc3c(c2)CCN3C(=O)C2CC2)cc1. The first-order valence-electron chi connectivity index (χ1n) is 8.91. The number of benzene rings is 2. The van der Waals surface area contributed by atoms with Crippen LogP contribution in [0.1, 0.15) is 24.0 Å². The van der Waals surface area contributed by atoms with Crippen LogP contribution in [-0.4, -0.2) is 20.9 Å². The third kappa shape index (κ3) is 3.53. The molecule has 7 heteroatoms. The highest BCUT2D eigenvalue weighted by atomic mass is 32.2. The minimum Gasteiger partial charge on any atom is -0.312 e. The monoisotopic (exact) mass is 381 g/mol. The Morgan fingerprint density at radius 1 is 1.19 bits per heavy atom. The molecule has 0 saturated heterocycles. The van der Waals surface area contributed by atoms with Gasteiger partial charge in [0.1, 0.15) is 0 Å². The Hall–Kier alpha value is -2.85. The predicted molar refractivity (Wildman–Crippen MR) is 102 cm³/mol. The fourth-order valence-corrected chi connectivity index (χ4v) is 4.43. The number of hydrogen-bond donors (Lipinski definition) is 1. The third-order valence-electron chi connectivity index (χ3n) is 4.94. The predicted octanol–water partition coefficient (Wildman–Crippen LogP) is 2.85. The summed E-state index contributed by atoms with van der Waals surface area (Å²) in [5.74, 6) is 0.296. The number of rotatable bonds is 5. The van der Waals surface area contributed by atoms with Crippen LogP contribution >= 0.6 is 0 Å². The van der Waals surface area contributed by atoms with Gasteiger partial charge >= 0.3 is 0 Å². The molecular weight excluding hydrogens is 362 g/mol. The van der Waals surface area contributed by atoms with Crippen molar-refractivity contribution in [3.63, 3.8) is 0 Å². The number of nitrogens with one attached hydrogen (secondary N) is 1. The molecule has 1 aliphatic heterocycles. The topological polar surface area (TPSA) is 90.3 Å². The maximum absolute atomic E-state index is 12.7. The first kappa shape index (κ1) is 17.6. The van der Waals surface area contributed by atoms with Crippen LogP contribution in [0.4, 0.5) is 11.4 Å². The van der Waals surface area contributed by atoms with Crippen LogP contribution in [0.2, 0.25) is 0 Å². The summed E-state index contributed by atoms with van der Waals surface area (Å²) in [7, 11) is -3.72. The van der Waals surface area contributed by atoms with Crippen LogP contribution in [0.3, 0.4) is 0 Å². The van der Waals surface area contributed by atoms with Gasteiger partial charge in [0.2, 0.25) is 5.91 Å². The molecule has 0 atom stereocenters. The third-order valence-corrected chi connectivity index (χ3v) is 6.32. The number of carbonyl (C=O) groups is 1. The Balaban J connectivity index is 1.54. The zero-order valence-electron chi connectivity index (χ0n) is 14.7. The molecule has 1 saturated carbocycles. The molecule has 2 aliphatic rings. The summed E-state index contributed by atoms with van der Waals surface area (Å²) in [6.07, 6.45) is 2.86. The van der Waals surface area contributed by atoms with Gasteiger partial charge in [-0.1, -0.05) is 12.1 Å². The second kappa shape index (κ2) is 6.71. The number of carbonyl (C=O) groups excluding carboxylic acids is 1. The number of sulfonamides is 1. The summed E-state index contributed by atoms with van der Waals surface area (Å²) in [5.41, 5.74) is 2.99. The average molecular weight is 381 g/mol. The fraction of sp³-hybridized carbons (Fsp3) is 0.300. The highest BCUT2D eigenvalue weighted by molar-refractivity contribution is 7.92. The van der Waals surface area contributed by atoms with Gasteiger partial charge in [0.25, 0.3) is 10.0 Å². The van der Waals surface area contributed by atoms with E-state index >= 15 is 0 Å². The van der Waals surface area contributed by atoms with E-state index in [1.54, 1.807) is 47.4 Å². The van der Waals surface area contributed by atoms with E-state index in [1.165, 1.54) is 0 Å². The molecule has 4 rings (SSSR count). The summed E-state index contributed by atoms with van der Waals surface area (Å²) in [6, 6.07) is 13.7. The minimum absolute atomic E-state index is 0.144. The Morgan fingerprint density at radius 2 is 1.93 bits per heavy atom. The Morgan fingerprint density at radius 3 is 2.59 bits per heavy atom. The molecule has 1 heterocycles. The molecular formula is C20H19N3O3S. The number of fused-ring (bicyclic) bond motifs is 1. The minimum atomic E-state index is -3.72. The van der Waals surface area contributed by atoms with Gasteiger partial charge < -0.3 is 4.90 Å². The number of anilines is 2. The lowest BCUT2D eigenvalue weighted by Crippen LogP contribution is -2.30. The maximum atomic E-state index is 12.7. The number of hydrogen-bond acceptors (Lipinski definition) is 4. The van der Waals surface area contributed by atoms with Crippen LogP contribution < -0.4 is 9.62 Å². The fourth-order valence-electron chi connectivity index (χ4n) is 3.32. The van der Waals surface area contributed by atoms with Crippen LogP contribution in [0.5, 0.6) is 0 Å². The highest BCUT2D eigenvalue weighted by Gasteiger charge is 2.36. The lowest BCUT2D eigenvalue weighted by atomic mass is 10.1. The summed E-state index contributed by atoms with van der Waals surface area (Å²) < 4.78 is 28.0. The van der Waals surface area contributed by atoms with E-state index < -0.39 is 10.0 Å². The largest absolute Gasteiger partial charge is 0.312 e. The number of nitrogens with zero attached hydrogens (tertiary/aromatic N) is 2. The van der Waals surface area contributed by atoms with E-state index in [9.17, 15) is 13.2 Å². The number of amides is 1. The van der Waals surface area contributed by atoms with Gasteiger partial charge in [0.15, 0.2) is 0 Å². The van der Waals surface area contributed by atoms with Crippen molar-refractivity contribution < 1.29 is 13.2 Å². The summed E-state index contributed by atoms with van der Waals surface area (Å²) in [4.78, 5) is 14.3. The molecule has 0 bridgehead atoms. The summed E-state index contributed by atoms with van der Waals surface area (Å²) in [6.45, 7) is 0.613. The zero-order chi connectivity index (χ0) is 19.0. The van der Waals surface area contributed by atoms with Gasteiger partial charge in [-0.05, 0) is 60.7 Å². The van der Waals surface area contributed by atoms with Gasteiger partial charge in [0, 0.05) is 23.8 Å². The van der Waals surface area contributed by atoms with E-state index in [4.69, 9.17) is 5.26 Å². The van der Waals surface area contributed by atoms with Crippen LogP contribution in [0.15, 0.2) is 47.4 Å². The van der Waals surface area contributed by atoms with E-state index in [-0.39, 0.29) is 23.1 Å². The highest BCUT2D eigenvalue weighted by Crippen LogP contribution is 2.37. The van der Waals surface area contributed by atoms with Crippen LogP contribution in [0, 0.1) is 17.2 Å². The van der Waals surface area contributed by atoms with Gasteiger partial charge in [-0.3, -0.25) is 9.52 Å². The standard InChI is InChI=1S/C20H19N3O3S/c21-11-9-14-1-5-17(6-2-14)22-27(25,26)18-7-8-19-16(13-18)10-12-23(19)20(24)15-3-4-15/h1-2,5-8,13,15,22H,3-4,9-10,12H2. The van der Waals surface area contributed by atoms with E-state index in [0.717, 1.165) is 29.7 Å². The normalized spacial score (nSPS) is 15.9. The Kier molecular flexibility index (Phi) is 4.36. The quantitative estimate of drug-likeness (QED) is 0.862. The zero-order valence-corrected chi connectivity index (χ0v) is 15.5. The average Bonchev–Trinajstić information content (AvgIpc) is 3.42. The van der Waals surface area contributed by atoms with Crippen molar-refractivity contribution in [2.75, 3.05) is 16.2 Å². The summed E-state index contributed by atoms with van der Waals surface area (Å²) in [5, 5.41) is 8.70. The first-order chi connectivity index (χ1) is 13.0. The van der Waals surface area contributed by atoms with E-state index in [0.29, 0.717) is 18.7 Å². The molecule has 1 fully saturated rings. The molecule has 27 heavy (non-hydrogen) atoms. The smallest absolute Gasteiger partial charge is 0.261 e. The Bertz CT molecular complexity index is 1040. The number of nitriles is 1. The van der Waals surface area contributed by atoms with Crippen molar-refractivity contribution in [2.45, 2.75) is 30.6 Å². The molecule has 0 spiro atoms. The second-order valence-corrected chi connectivity index (χ2v) is 8.62.